The fraction of sp³-hybridized carbons (Fsp3) is 1.00. The summed E-state index contributed by atoms with van der Waals surface area (Å²) in [5.41, 5.74) is 0. The lowest BCUT2D eigenvalue weighted by Gasteiger charge is -2.37. The predicted octanol–water partition coefficient (Wildman–Crippen LogP) is 2.68. The van der Waals surface area contributed by atoms with Gasteiger partial charge < -0.3 is 14.2 Å². The monoisotopic (exact) mass is 304 g/mol. The third-order valence-electron chi connectivity index (χ3n) is 4.45. The highest BCUT2D eigenvalue weighted by atomic mass is 28.4. The average Bonchev–Trinajstić information content (AvgIpc) is 2.29. The molecule has 0 saturated carbocycles. The Morgan fingerprint density at radius 2 is 1.85 bits per heavy atom. The molecule has 20 heavy (non-hydrogen) atoms. The van der Waals surface area contributed by atoms with E-state index in [-0.39, 0.29) is 11.1 Å². The van der Waals surface area contributed by atoms with Crippen LogP contribution in [0.15, 0.2) is 0 Å². The molecule has 0 aromatic carbocycles. The van der Waals surface area contributed by atoms with Gasteiger partial charge in [0.2, 0.25) is 0 Å². The normalized spacial score (nSPS) is 19.1. The van der Waals surface area contributed by atoms with E-state index in [0.29, 0.717) is 0 Å². The van der Waals surface area contributed by atoms with Gasteiger partial charge in [-0.15, -0.1) is 10.1 Å². The van der Waals surface area contributed by atoms with Gasteiger partial charge in [-0.2, -0.15) is 0 Å². The lowest BCUT2D eigenvalue weighted by molar-refractivity contribution is -0.769. The first kappa shape index (κ1) is 17.4. The molecule has 0 unspecified atom stereocenters. The number of likely N-dealkylation sites (tertiary alicyclic amines) is 1. The standard InChI is InChI=1S/C13H28N2O4Si/c1-13(2,3)20(4,5)18-11-10-14-8-6-12(7-9-14)19-15(16)17/h12H,6-11H2,1-5H3. The van der Waals surface area contributed by atoms with E-state index in [4.69, 9.17) is 4.43 Å². The minimum absolute atomic E-state index is 0.234. The zero-order valence-electron chi connectivity index (χ0n) is 13.3. The third-order valence-corrected chi connectivity index (χ3v) is 8.98. The van der Waals surface area contributed by atoms with Gasteiger partial charge in [0.15, 0.2) is 8.32 Å². The van der Waals surface area contributed by atoms with Gasteiger partial charge in [-0.3, -0.25) is 0 Å². The number of rotatable bonds is 6. The van der Waals surface area contributed by atoms with Gasteiger partial charge in [-0.1, -0.05) is 20.8 Å². The van der Waals surface area contributed by atoms with Crippen molar-refractivity contribution in [2.75, 3.05) is 26.2 Å². The zero-order chi connectivity index (χ0) is 15.4. The van der Waals surface area contributed by atoms with E-state index in [1.165, 1.54) is 0 Å². The number of hydrogen-bond acceptors (Lipinski definition) is 5. The SMILES string of the molecule is CC(C)(C)[Si](C)(C)OCCN1CCC(O[N+](=O)[O-])CC1. The maximum atomic E-state index is 10.3. The molecule has 0 atom stereocenters. The van der Waals surface area contributed by atoms with Crippen molar-refractivity contribution in [2.24, 2.45) is 0 Å². The van der Waals surface area contributed by atoms with Gasteiger partial charge in [-0.05, 0) is 31.0 Å². The minimum atomic E-state index is -1.67. The Morgan fingerprint density at radius 1 is 1.30 bits per heavy atom. The summed E-state index contributed by atoms with van der Waals surface area (Å²) in [7, 11) is -1.67. The number of hydrogen-bond donors (Lipinski definition) is 0. The Bertz CT molecular complexity index is 323. The fourth-order valence-corrected chi connectivity index (χ4v) is 3.04. The smallest absolute Gasteiger partial charge is 0.294 e. The van der Waals surface area contributed by atoms with E-state index in [9.17, 15) is 10.1 Å². The van der Waals surface area contributed by atoms with Crippen molar-refractivity contribution in [1.82, 2.24) is 4.90 Å². The van der Waals surface area contributed by atoms with Crippen LogP contribution in [0.2, 0.25) is 18.1 Å². The molecule has 7 heteroatoms. The second-order valence-corrected chi connectivity index (χ2v) is 11.8. The van der Waals surface area contributed by atoms with Crippen molar-refractivity contribution >= 4 is 8.32 Å². The predicted molar refractivity (Wildman–Crippen MR) is 80.7 cm³/mol. The zero-order valence-corrected chi connectivity index (χ0v) is 14.3. The topological polar surface area (TPSA) is 64.8 Å². The highest BCUT2D eigenvalue weighted by Gasteiger charge is 2.37. The molecule has 6 nitrogen and oxygen atoms in total. The fourth-order valence-electron chi connectivity index (χ4n) is 2.01. The number of piperidine rings is 1. The lowest BCUT2D eigenvalue weighted by atomic mass is 10.1. The van der Waals surface area contributed by atoms with Crippen LogP contribution < -0.4 is 0 Å². The van der Waals surface area contributed by atoms with Crippen LogP contribution in [-0.4, -0.2) is 50.6 Å². The summed E-state index contributed by atoms with van der Waals surface area (Å²) in [6, 6.07) is 0. The van der Waals surface area contributed by atoms with E-state index in [1.807, 2.05) is 0 Å². The molecule has 118 valence electrons. The molecular formula is C13H28N2O4Si. The molecule has 1 fully saturated rings. The minimum Gasteiger partial charge on any atom is -0.416 e. The van der Waals surface area contributed by atoms with Crippen molar-refractivity contribution in [1.29, 1.82) is 0 Å². The molecule has 1 heterocycles. The van der Waals surface area contributed by atoms with Gasteiger partial charge >= 0.3 is 0 Å². The van der Waals surface area contributed by atoms with Crippen molar-refractivity contribution < 1.29 is 14.4 Å². The van der Waals surface area contributed by atoms with Crippen molar-refractivity contribution in [3.63, 3.8) is 0 Å². The summed E-state index contributed by atoms with van der Waals surface area (Å²) in [6.07, 6.45) is 1.21. The average molecular weight is 304 g/mol. The summed E-state index contributed by atoms with van der Waals surface area (Å²) in [5.74, 6) is 0. The molecule has 0 amide bonds. The molecule has 1 aliphatic heterocycles. The Kier molecular flexibility index (Phi) is 5.97. The first-order chi connectivity index (χ1) is 9.12. The van der Waals surface area contributed by atoms with E-state index >= 15 is 0 Å². The maximum Gasteiger partial charge on any atom is 0.294 e. The molecule has 0 aliphatic carbocycles. The van der Waals surface area contributed by atoms with Gasteiger partial charge in [0.1, 0.15) is 6.10 Å². The van der Waals surface area contributed by atoms with Crippen LogP contribution in [0, 0.1) is 10.1 Å². The molecule has 0 N–H and O–H groups in total. The Morgan fingerprint density at radius 3 is 2.30 bits per heavy atom. The van der Waals surface area contributed by atoms with Crippen LogP contribution in [0.3, 0.4) is 0 Å². The van der Waals surface area contributed by atoms with Gasteiger partial charge in [0.25, 0.3) is 5.09 Å². The summed E-state index contributed by atoms with van der Waals surface area (Å²) in [6.45, 7) is 14.6. The second kappa shape index (κ2) is 6.86. The van der Waals surface area contributed by atoms with Crippen molar-refractivity contribution in [3.8, 4) is 0 Å². The second-order valence-electron chi connectivity index (χ2n) is 6.98. The number of nitrogens with zero attached hydrogens (tertiary/aromatic N) is 2. The van der Waals surface area contributed by atoms with Crippen LogP contribution in [0.25, 0.3) is 0 Å². The van der Waals surface area contributed by atoms with E-state index < -0.39 is 13.4 Å². The Labute approximate surface area is 122 Å². The van der Waals surface area contributed by atoms with Crippen molar-refractivity contribution in [3.05, 3.63) is 10.1 Å². The summed E-state index contributed by atoms with van der Waals surface area (Å²) >= 11 is 0. The largest absolute Gasteiger partial charge is 0.416 e. The first-order valence-corrected chi connectivity index (χ1v) is 10.2. The molecule has 1 saturated heterocycles. The summed E-state index contributed by atoms with van der Waals surface area (Å²) in [5, 5.41) is 9.84. The molecule has 0 radical (unpaired) electrons. The van der Waals surface area contributed by atoms with E-state index in [0.717, 1.165) is 39.1 Å². The van der Waals surface area contributed by atoms with Gasteiger partial charge in [0, 0.05) is 26.2 Å². The van der Waals surface area contributed by atoms with Gasteiger partial charge in [-0.25, -0.2) is 0 Å². The van der Waals surface area contributed by atoms with Crippen LogP contribution in [-0.2, 0) is 9.26 Å². The molecule has 0 spiro atoms. The summed E-state index contributed by atoms with van der Waals surface area (Å²) in [4.78, 5) is 17.2. The van der Waals surface area contributed by atoms with E-state index in [1.54, 1.807) is 0 Å². The Hall–Kier alpha value is -0.663. The molecule has 1 rings (SSSR count). The van der Waals surface area contributed by atoms with E-state index in [2.05, 4.69) is 43.6 Å². The van der Waals surface area contributed by atoms with Crippen LogP contribution in [0.5, 0.6) is 0 Å². The lowest BCUT2D eigenvalue weighted by Crippen LogP contribution is -2.44. The highest BCUT2D eigenvalue weighted by Crippen LogP contribution is 2.36. The van der Waals surface area contributed by atoms with Gasteiger partial charge in [0.05, 0.1) is 0 Å². The highest BCUT2D eigenvalue weighted by molar-refractivity contribution is 6.74. The quantitative estimate of drug-likeness (QED) is 0.429. The molecule has 0 aromatic heterocycles. The molecular weight excluding hydrogens is 276 g/mol. The van der Waals surface area contributed by atoms with Crippen molar-refractivity contribution in [2.45, 2.75) is 57.8 Å². The Balaban J connectivity index is 2.24. The van der Waals surface area contributed by atoms with Crippen LogP contribution in [0.4, 0.5) is 0 Å². The molecule has 0 aromatic rings. The third kappa shape index (κ3) is 5.38. The molecule has 1 aliphatic rings. The molecule has 0 bridgehead atoms. The van der Waals surface area contributed by atoms with Crippen LogP contribution in [0.1, 0.15) is 33.6 Å². The first-order valence-electron chi connectivity index (χ1n) is 7.29. The maximum absolute atomic E-state index is 10.3. The van der Waals surface area contributed by atoms with Crippen LogP contribution >= 0.6 is 0 Å². The summed E-state index contributed by atoms with van der Waals surface area (Å²) < 4.78 is 6.15.